The van der Waals surface area contributed by atoms with Gasteiger partial charge in [-0.05, 0) is 45.6 Å². The lowest BCUT2D eigenvalue weighted by atomic mass is 10.1. The lowest BCUT2D eigenvalue weighted by Gasteiger charge is -2.35. The quantitative estimate of drug-likeness (QED) is 0.594. The Morgan fingerprint density at radius 1 is 1.29 bits per heavy atom. The SMILES string of the molecule is CC1CCCCN1C(=S)SCCCCCCN. The zero-order valence-electron chi connectivity index (χ0n) is 11.0. The highest BCUT2D eigenvalue weighted by atomic mass is 32.2. The molecule has 2 nitrogen and oxygen atoms in total. The number of thioether (sulfide) groups is 1. The molecule has 17 heavy (non-hydrogen) atoms. The molecule has 0 aromatic rings. The number of hydrogen-bond acceptors (Lipinski definition) is 3. The summed E-state index contributed by atoms with van der Waals surface area (Å²) in [6.07, 6.45) is 8.97. The summed E-state index contributed by atoms with van der Waals surface area (Å²) in [4.78, 5) is 2.42. The van der Waals surface area contributed by atoms with Crippen molar-refractivity contribution in [2.75, 3.05) is 18.8 Å². The van der Waals surface area contributed by atoms with Crippen molar-refractivity contribution < 1.29 is 0 Å². The number of likely N-dealkylation sites (tertiary alicyclic amines) is 1. The fraction of sp³-hybridized carbons (Fsp3) is 0.923. The third-order valence-corrected chi connectivity index (χ3v) is 4.92. The van der Waals surface area contributed by atoms with E-state index in [1.165, 1.54) is 50.8 Å². The second-order valence-corrected chi connectivity index (χ2v) is 6.58. The zero-order chi connectivity index (χ0) is 12.5. The van der Waals surface area contributed by atoms with E-state index in [4.69, 9.17) is 18.0 Å². The lowest BCUT2D eigenvalue weighted by molar-refractivity contribution is 0.267. The van der Waals surface area contributed by atoms with Gasteiger partial charge in [-0.2, -0.15) is 0 Å². The molecule has 0 bridgehead atoms. The van der Waals surface area contributed by atoms with Gasteiger partial charge in [0, 0.05) is 18.3 Å². The number of rotatable bonds is 6. The summed E-state index contributed by atoms with van der Waals surface area (Å²) in [5.74, 6) is 1.17. The summed E-state index contributed by atoms with van der Waals surface area (Å²) < 4.78 is 1.12. The first-order valence-electron chi connectivity index (χ1n) is 6.89. The van der Waals surface area contributed by atoms with Gasteiger partial charge in [-0.1, -0.05) is 36.8 Å². The highest BCUT2D eigenvalue weighted by Crippen LogP contribution is 2.22. The zero-order valence-corrected chi connectivity index (χ0v) is 12.6. The van der Waals surface area contributed by atoms with Crippen LogP contribution in [-0.2, 0) is 0 Å². The first-order chi connectivity index (χ1) is 8.25. The molecule has 1 saturated heterocycles. The Hall–Kier alpha value is 0.200. The second-order valence-electron chi connectivity index (χ2n) is 4.86. The molecule has 1 aliphatic heterocycles. The van der Waals surface area contributed by atoms with Crippen molar-refractivity contribution in [2.45, 2.75) is 57.9 Å². The normalized spacial score (nSPS) is 20.6. The van der Waals surface area contributed by atoms with Gasteiger partial charge in [0.1, 0.15) is 4.32 Å². The van der Waals surface area contributed by atoms with E-state index in [9.17, 15) is 0 Å². The molecule has 100 valence electrons. The Balaban J connectivity index is 2.07. The van der Waals surface area contributed by atoms with Crippen LogP contribution in [0.15, 0.2) is 0 Å². The minimum absolute atomic E-state index is 0.654. The van der Waals surface area contributed by atoms with E-state index < -0.39 is 0 Å². The van der Waals surface area contributed by atoms with E-state index in [2.05, 4.69) is 11.8 Å². The Bertz CT molecular complexity index is 221. The van der Waals surface area contributed by atoms with Crippen LogP contribution in [0.25, 0.3) is 0 Å². The maximum absolute atomic E-state index is 5.52. The summed E-state index contributed by atoms with van der Waals surface area (Å²) in [6.45, 7) is 4.30. The summed E-state index contributed by atoms with van der Waals surface area (Å²) >= 11 is 7.39. The summed E-state index contributed by atoms with van der Waals surface area (Å²) in [5.41, 5.74) is 5.47. The van der Waals surface area contributed by atoms with Crippen LogP contribution in [0.5, 0.6) is 0 Å². The van der Waals surface area contributed by atoms with Crippen LogP contribution >= 0.6 is 24.0 Å². The molecule has 4 heteroatoms. The van der Waals surface area contributed by atoms with Crippen LogP contribution in [-0.4, -0.2) is 34.1 Å². The monoisotopic (exact) mass is 274 g/mol. The molecule has 0 aromatic carbocycles. The van der Waals surface area contributed by atoms with Crippen molar-refractivity contribution in [3.63, 3.8) is 0 Å². The van der Waals surface area contributed by atoms with E-state index in [1.54, 1.807) is 0 Å². The van der Waals surface area contributed by atoms with Gasteiger partial charge in [0.15, 0.2) is 0 Å². The molecule has 1 unspecified atom stereocenters. The molecule has 1 heterocycles. The number of piperidine rings is 1. The predicted molar refractivity (Wildman–Crippen MR) is 82.6 cm³/mol. The minimum Gasteiger partial charge on any atom is -0.355 e. The average Bonchev–Trinajstić information content (AvgIpc) is 2.34. The number of thiocarbonyl (C=S) groups is 1. The van der Waals surface area contributed by atoms with Crippen molar-refractivity contribution in [3.05, 3.63) is 0 Å². The maximum atomic E-state index is 5.52. The molecule has 0 radical (unpaired) electrons. The van der Waals surface area contributed by atoms with Crippen LogP contribution < -0.4 is 5.73 Å². The third-order valence-electron chi connectivity index (χ3n) is 3.36. The minimum atomic E-state index is 0.654. The Kier molecular flexibility index (Phi) is 8.23. The Morgan fingerprint density at radius 3 is 2.76 bits per heavy atom. The molecule has 1 aliphatic rings. The number of nitrogens with two attached hydrogens (primary N) is 1. The molecular weight excluding hydrogens is 248 g/mol. The van der Waals surface area contributed by atoms with Gasteiger partial charge < -0.3 is 10.6 Å². The van der Waals surface area contributed by atoms with Crippen LogP contribution in [0.3, 0.4) is 0 Å². The van der Waals surface area contributed by atoms with Gasteiger partial charge >= 0.3 is 0 Å². The van der Waals surface area contributed by atoms with Crippen molar-refractivity contribution >= 4 is 28.3 Å². The van der Waals surface area contributed by atoms with E-state index in [-0.39, 0.29) is 0 Å². The average molecular weight is 274 g/mol. The van der Waals surface area contributed by atoms with Crippen molar-refractivity contribution in [2.24, 2.45) is 5.73 Å². The molecule has 0 spiro atoms. The van der Waals surface area contributed by atoms with E-state index in [0.717, 1.165) is 17.3 Å². The molecule has 0 aromatic heterocycles. The molecule has 1 fully saturated rings. The van der Waals surface area contributed by atoms with Crippen molar-refractivity contribution in [1.29, 1.82) is 0 Å². The van der Waals surface area contributed by atoms with Crippen LogP contribution in [0.2, 0.25) is 0 Å². The Labute approximate surface area is 116 Å². The van der Waals surface area contributed by atoms with Gasteiger partial charge in [0.05, 0.1) is 0 Å². The molecule has 0 amide bonds. The van der Waals surface area contributed by atoms with Gasteiger partial charge in [-0.15, -0.1) is 0 Å². The van der Waals surface area contributed by atoms with Gasteiger partial charge in [-0.3, -0.25) is 0 Å². The largest absolute Gasteiger partial charge is 0.355 e. The summed E-state index contributed by atoms with van der Waals surface area (Å²) in [5, 5.41) is 0. The maximum Gasteiger partial charge on any atom is 0.136 e. The van der Waals surface area contributed by atoms with Crippen LogP contribution in [0, 0.1) is 0 Å². The first-order valence-corrected chi connectivity index (χ1v) is 8.28. The molecular formula is C13H26N2S2. The lowest BCUT2D eigenvalue weighted by Crippen LogP contribution is -2.39. The molecule has 2 N–H and O–H groups in total. The highest BCUT2D eigenvalue weighted by Gasteiger charge is 2.20. The van der Waals surface area contributed by atoms with Crippen LogP contribution in [0.4, 0.5) is 0 Å². The predicted octanol–water partition coefficient (Wildman–Crippen LogP) is 3.40. The van der Waals surface area contributed by atoms with Crippen molar-refractivity contribution in [1.82, 2.24) is 4.90 Å². The third kappa shape index (κ3) is 6.07. The Morgan fingerprint density at radius 2 is 2.06 bits per heavy atom. The van der Waals surface area contributed by atoms with Crippen LogP contribution in [0.1, 0.15) is 51.9 Å². The van der Waals surface area contributed by atoms with E-state index >= 15 is 0 Å². The second kappa shape index (κ2) is 9.17. The standard InChI is InChI=1S/C13H26N2S2/c1-12-8-4-6-10-15(12)13(16)17-11-7-3-2-5-9-14/h12H,2-11,14H2,1H3. The number of nitrogens with zero attached hydrogens (tertiary/aromatic N) is 1. The van der Waals surface area contributed by atoms with Gasteiger partial charge in [0.25, 0.3) is 0 Å². The molecule has 1 rings (SSSR count). The molecule has 0 aliphatic carbocycles. The van der Waals surface area contributed by atoms with Crippen molar-refractivity contribution in [3.8, 4) is 0 Å². The topological polar surface area (TPSA) is 29.3 Å². The summed E-state index contributed by atoms with van der Waals surface area (Å²) in [6, 6.07) is 0.654. The smallest absolute Gasteiger partial charge is 0.136 e. The van der Waals surface area contributed by atoms with Gasteiger partial charge in [0.2, 0.25) is 0 Å². The van der Waals surface area contributed by atoms with E-state index in [1.807, 2.05) is 11.8 Å². The number of unbranched alkanes of at least 4 members (excludes halogenated alkanes) is 3. The molecule has 0 saturated carbocycles. The van der Waals surface area contributed by atoms with E-state index in [0.29, 0.717) is 6.04 Å². The highest BCUT2D eigenvalue weighted by molar-refractivity contribution is 8.22. The first kappa shape index (κ1) is 15.3. The molecule has 1 atom stereocenters. The fourth-order valence-electron chi connectivity index (χ4n) is 2.21. The van der Waals surface area contributed by atoms with Gasteiger partial charge in [-0.25, -0.2) is 0 Å². The summed E-state index contributed by atoms with van der Waals surface area (Å²) in [7, 11) is 0. The number of hydrogen-bond donors (Lipinski definition) is 1. The fourth-order valence-corrected chi connectivity index (χ4v) is 3.69.